The average molecular weight is 360 g/mol. The maximum Gasteiger partial charge on any atom is 0.256 e. The fourth-order valence-electron chi connectivity index (χ4n) is 2.09. The molecular formula is C18H14F2N2O2S. The third kappa shape index (κ3) is 4.67. The van der Waals surface area contributed by atoms with E-state index in [9.17, 15) is 13.6 Å². The zero-order valence-electron chi connectivity index (χ0n) is 13.0. The van der Waals surface area contributed by atoms with Crippen LogP contribution in [0.3, 0.4) is 0 Å². The zero-order valence-corrected chi connectivity index (χ0v) is 13.9. The number of hydrogen-bond acceptors (Lipinski definition) is 4. The molecule has 0 bridgehead atoms. The van der Waals surface area contributed by atoms with Crippen molar-refractivity contribution in [3.8, 4) is 11.3 Å². The first-order chi connectivity index (χ1) is 12.1. The number of amides is 1. The molecule has 3 rings (SSSR count). The van der Waals surface area contributed by atoms with Crippen molar-refractivity contribution in [2.75, 3.05) is 5.75 Å². The van der Waals surface area contributed by atoms with Crippen LogP contribution in [0.5, 0.6) is 0 Å². The first kappa shape index (κ1) is 17.2. The Bertz CT molecular complexity index is 866. The highest BCUT2D eigenvalue weighted by atomic mass is 32.2. The summed E-state index contributed by atoms with van der Waals surface area (Å²) in [6.07, 6.45) is 1.52. The van der Waals surface area contributed by atoms with Crippen molar-refractivity contribution in [3.63, 3.8) is 0 Å². The highest BCUT2D eigenvalue weighted by Crippen LogP contribution is 2.25. The van der Waals surface area contributed by atoms with Crippen LogP contribution in [0.2, 0.25) is 0 Å². The Labute approximate surface area is 147 Å². The number of nitrogens with zero attached hydrogens (tertiary/aromatic N) is 1. The van der Waals surface area contributed by atoms with Crippen molar-refractivity contribution < 1.29 is 18.0 Å². The molecule has 1 N–H and O–H groups in total. The van der Waals surface area contributed by atoms with Crippen LogP contribution in [0.15, 0.2) is 64.4 Å². The fourth-order valence-corrected chi connectivity index (χ4v) is 2.72. The summed E-state index contributed by atoms with van der Waals surface area (Å²) in [5, 5.41) is 2.98. The van der Waals surface area contributed by atoms with Gasteiger partial charge in [-0.3, -0.25) is 4.79 Å². The van der Waals surface area contributed by atoms with Crippen molar-refractivity contribution >= 4 is 17.7 Å². The largest absolute Gasteiger partial charge is 0.431 e. The molecule has 3 aromatic rings. The second kappa shape index (κ2) is 7.94. The van der Waals surface area contributed by atoms with Crippen LogP contribution in [0.25, 0.3) is 11.3 Å². The minimum atomic E-state index is -0.355. The van der Waals surface area contributed by atoms with E-state index in [-0.39, 0.29) is 29.8 Å². The van der Waals surface area contributed by atoms with Gasteiger partial charge in [0.2, 0.25) is 5.91 Å². The lowest BCUT2D eigenvalue weighted by Crippen LogP contribution is -2.25. The second-order valence-corrected chi connectivity index (χ2v) is 6.08. The van der Waals surface area contributed by atoms with E-state index in [2.05, 4.69) is 10.3 Å². The molecule has 128 valence electrons. The Morgan fingerprint density at radius 3 is 2.64 bits per heavy atom. The Balaban J connectivity index is 1.51. The molecule has 1 aromatic heterocycles. The van der Waals surface area contributed by atoms with Gasteiger partial charge in [-0.2, -0.15) is 0 Å². The smallest absolute Gasteiger partial charge is 0.256 e. The van der Waals surface area contributed by atoms with Gasteiger partial charge in [0, 0.05) is 17.7 Å². The molecule has 1 heterocycles. The van der Waals surface area contributed by atoms with Gasteiger partial charge in [-0.15, -0.1) is 0 Å². The maximum atomic E-state index is 13.5. The highest BCUT2D eigenvalue weighted by Gasteiger charge is 2.10. The Hall–Kier alpha value is -2.67. The molecule has 4 nitrogen and oxygen atoms in total. The summed E-state index contributed by atoms with van der Waals surface area (Å²) in [4.78, 5) is 15.9. The van der Waals surface area contributed by atoms with Gasteiger partial charge in [-0.05, 0) is 30.3 Å². The van der Waals surface area contributed by atoms with Crippen molar-refractivity contribution in [2.24, 2.45) is 0 Å². The lowest BCUT2D eigenvalue weighted by Gasteiger charge is -2.05. The molecule has 1 amide bonds. The first-order valence-electron chi connectivity index (χ1n) is 7.46. The quantitative estimate of drug-likeness (QED) is 0.675. The molecule has 0 unspecified atom stereocenters. The van der Waals surface area contributed by atoms with E-state index >= 15 is 0 Å². The van der Waals surface area contributed by atoms with E-state index in [0.717, 1.165) is 11.8 Å². The Morgan fingerprint density at radius 2 is 1.88 bits per heavy atom. The highest BCUT2D eigenvalue weighted by molar-refractivity contribution is 7.99. The number of benzene rings is 2. The predicted molar refractivity (Wildman–Crippen MR) is 90.9 cm³/mol. The topological polar surface area (TPSA) is 55.1 Å². The normalized spacial score (nSPS) is 10.6. The predicted octanol–water partition coefficient (Wildman–Crippen LogP) is 4.03. The SMILES string of the molecule is O=C(CSc1ncc(-c2ccc(F)cc2)o1)NCc1ccccc1F. The molecule has 0 saturated heterocycles. The summed E-state index contributed by atoms with van der Waals surface area (Å²) in [5.41, 5.74) is 1.13. The number of oxazole rings is 1. The molecule has 7 heteroatoms. The standard InChI is InChI=1S/C18H14F2N2O2S/c19-14-7-5-12(6-8-14)16-10-22-18(24-16)25-11-17(23)21-9-13-3-1-2-4-15(13)20/h1-8,10H,9,11H2,(H,21,23). The van der Waals surface area contributed by atoms with Gasteiger partial charge >= 0.3 is 0 Å². The van der Waals surface area contributed by atoms with Gasteiger partial charge in [0.15, 0.2) is 5.76 Å². The van der Waals surface area contributed by atoms with Crippen molar-refractivity contribution in [1.82, 2.24) is 10.3 Å². The first-order valence-corrected chi connectivity index (χ1v) is 8.45. The molecule has 0 spiro atoms. The summed E-state index contributed by atoms with van der Waals surface area (Å²) >= 11 is 1.13. The van der Waals surface area contributed by atoms with Crippen LogP contribution < -0.4 is 5.32 Å². The summed E-state index contributed by atoms with van der Waals surface area (Å²) in [6, 6.07) is 12.1. The van der Waals surface area contributed by atoms with Crippen LogP contribution in [0, 0.1) is 11.6 Å². The number of nitrogens with one attached hydrogen (secondary N) is 1. The molecule has 0 aliphatic rings. The minimum Gasteiger partial charge on any atom is -0.431 e. The lowest BCUT2D eigenvalue weighted by atomic mass is 10.2. The van der Waals surface area contributed by atoms with E-state index in [0.29, 0.717) is 22.1 Å². The van der Waals surface area contributed by atoms with Crippen LogP contribution in [-0.4, -0.2) is 16.6 Å². The van der Waals surface area contributed by atoms with E-state index in [1.165, 1.54) is 24.4 Å². The number of carbonyl (C=O) groups excluding carboxylic acids is 1. The number of rotatable bonds is 6. The Morgan fingerprint density at radius 1 is 1.12 bits per heavy atom. The number of hydrogen-bond donors (Lipinski definition) is 1. The van der Waals surface area contributed by atoms with Crippen LogP contribution in [-0.2, 0) is 11.3 Å². The summed E-state index contributed by atoms with van der Waals surface area (Å²) in [6.45, 7) is 0.123. The molecular weight excluding hydrogens is 346 g/mol. The summed E-state index contributed by atoms with van der Waals surface area (Å²) in [7, 11) is 0. The van der Waals surface area contributed by atoms with Gasteiger partial charge in [0.1, 0.15) is 11.6 Å². The van der Waals surface area contributed by atoms with E-state index in [4.69, 9.17) is 4.42 Å². The Kier molecular flexibility index (Phi) is 5.45. The zero-order chi connectivity index (χ0) is 17.6. The molecule has 0 aliphatic heterocycles. The van der Waals surface area contributed by atoms with E-state index in [1.54, 1.807) is 30.3 Å². The number of thioether (sulfide) groups is 1. The van der Waals surface area contributed by atoms with E-state index < -0.39 is 0 Å². The fraction of sp³-hybridized carbons (Fsp3) is 0.111. The van der Waals surface area contributed by atoms with Crippen molar-refractivity contribution in [1.29, 1.82) is 0 Å². The molecule has 2 aromatic carbocycles. The third-order valence-electron chi connectivity index (χ3n) is 3.37. The van der Waals surface area contributed by atoms with Crippen molar-refractivity contribution in [2.45, 2.75) is 11.8 Å². The number of halogens is 2. The van der Waals surface area contributed by atoms with Gasteiger partial charge in [-0.25, -0.2) is 13.8 Å². The summed E-state index contributed by atoms with van der Waals surface area (Å²) in [5.74, 6) is -0.349. The average Bonchev–Trinajstić information content (AvgIpc) is 3.09. The molecule has 0 aliphatic carbocycles. The number of carbonyl (C=O) groups is 1. The molecule has 25 heavy (non-hydrogen) atoms. The minimum absolute atomic E-state index is 0.0951. The maximum absolute atomic E-state index is 13.5. The van der Waals surface area contributed by atoms with Crippen LogP contribution in [0.4, 0.5) is 8.78 Å². The molecule has 0 atom stereocenters. The lowest BCUT2D eigenvalue weighted by molar-refractivity contribution is -0.118. The van der Waals surface area contributed by atoms with Gasteiger partial charge in [0.25, 0.3) is 5.22 Å². The van der Waals surface area contributed by atoms with Gasteiger partial charge in [-0.1, -0.05) is 30.0 Å². The monoisotopic (exact) mass is 360 g/mol. The van der Waals surface area contributed by atoms with Gasteiger partial charge in [0.05, 0.1) is 11.9 Å². The molecule has 0 saturated carbocycles. The molecule has 0 radical (unpaired) electrons. The van der Waals surface area contributed by atoms with Gasteiger partial charge < -0.3 is 9.73 Å². The van der Waals surface area contributed by atoms with Crippen LogP contribution >= 0.6 is 11.8 Å². The number of aromatic nitrogens is 1. The molecule has 0 fully saturated rings. The summed E-state index contributed by atoms with van der Waals surface area (Å²) < 4.78 is 31.9. The van der Waals surface area contributed by atoms with E-state index in [1.807, 2.05) is 0 Å². The second-order valence-electron chi connectivity index (χ2n) is 5.15. The third-order valence-corrected chi connectivity index (χ3v) is 4.22. The van der Waals surface area contributed by atoms with Crippen molar-refractivity contribution in [3.05, 3.63) is 71.9 Å². The van der Waals surface area contributed by atoms with Crippen LogP contribution in [0.1, 0.15) is 5.56 Å².